The first-order valence-electron chi connectivity index (χ1n) is 4.06. The number of aryl methyl sites for hydroxylation is 1. The molecule has 1 aromatic carbocycles. The van der Waals surface area contributed by atoms with Crippen molar-refractivity contribution in [2.24, 2.45) is 0 Å². The summed E-state index contributed by atoms with van der Waals surface area (Å²) in [4.78, 5) is 14.4. The van der Waals surface area contributed by atoms with Gasteiger partial charge in [0.05, 0.1) is 9.99 Å². The molecule has 2 nitrogen and oxygen atoms in total. The van der Waals surface area contributed by atoms with Gasteiger partial charge < -0.3 is 4.98 Å². The van der Waals surface area contributed by atoms with E-state index in [-0.39, 0.29) is 11.2 Å². The van der Waals surface area contributed by atoms with Gasteiger partial charge in [0.15, 0.2) is 0 Å². The maximum absolute atomic E-state index is 13.1. The zero-order chi connectivity index (χ0) is 10.3. The van der Waals surface area contributed by atoms with E-state index in [1.165, 1.54) is 12.3 Å². The second kappa shape index (κ2) is 3.20. The fourth-order valence-corrected chi connectivity index (χ4v) is 1.65. The SMILES string of the molecule is Cc1cc2c(=O)c(Br)c[nH]c2cc1F. The smallest absolute Gasteiger partial charge is 0.203 e. The van der Waals surface area contributed by atoms with Crippen molar-refractivity contribution in [1.82, 2.24) is 4.98 Å². The highest BCUT2D eigenvalue weighted by Crippen LogP contribution is 2.15. The van der Waals surface area contributed by atoms with E-state index in [1.54, 1.807) is 13.0 Å². The van der Waals surface area contributed by atoms with Gasteiger partial charge in [0, 0.05) is 11.6 Å². The van der Waals surface area contributed by atoms with E-state index in [0.29, 0.717) is 20.9 Å². The van der Waals surface area contributed by atoms with Crippen LogP contribution in [-0.2, 0) is 0 Å². The van der Waals surface area contributed by atoms with E-state index in [2.05, 4.69) is 20.9 Å². The summed E-state index contributed by atoms with van der Waals surface area (Å²) in [5, 5.41) is 0.498. The number of aromatic nitrogens is 1. The molecule has 1 N–H and O–H groups in total. The van der Waals surface area contributed by atoms with Crippen LogP contribution in [0.2, 0.25) is 0 Å². The minimum Gasteiger partial charge on any atom is -0.360 e. The summed E-state index contributed by atoms with van der Waals surface area (Å²) in [5.74, 6) is -0.310. The Kier molecular flexibility index (Phi) is 2.15. The van der Waals surface area contributed by atoms with Crippen LogP contribution in [0.25, 0.3) is 10.9 Å². The highest BCUT2D eigenvalue weighted by molar-refractivity contribution is 9.10. The third-order valence-corrected chi connectivity index (χ3v) is 2.70. The lowest BCUT2D eigenvalue weighted by molar-refractivity contribution is 0.620. The van der Waals surface area contributed by atoms with Crippen LogP contribution in [0, 0.1) is 12.7 Å². The molecule has 72 valence electrons. The molecule has 0 aliphatic rings. The van der Waals surface area contributed by atoms with Crippen molar-refractivity contribution in [3.8, 4) is 0 Å². The Morgan fingerprint density at radius 2 is 2.14 bits per heavy atom. The molecule has 0 spiro atoms. The predicted octanol–water partition coefficient (Wildman–Crippen LogP) is 2.74. The number of benzene rings is 1. The number of nitrogens with one attached hydrogen (secondary N) is 1. The van der Waals surface area contributed by atoms with Gasteiger partial charge in [-0.2, -0.15) is 0 Å². The summed E-state index contributed by atoms with van der Waals surface area (Å²) >= 11 is 3.12. The minimum atomic E-state index is -0.310. The third-order valence-electron chi connectivity index (χ3n) is 2.11. The van der Waals surface area contributed by atoms with Crippen LogP contribution in [0.15, 0.2) is 27.6 Å². The van der Waals surface area contributed by atoms with Crippen LogP contribution in [0.4, 0.5) is 4.39 Å². The molecular formula is C10H7BrFNO. The number of aromatic amines is 1. The fraction of sp³-hybridized carbons (Fsp3) is 0.100. The largest absolute Gasteiger partial charge is 0.360 e. The minimum absolute atomic E-state index is 0.123. The summed E-state index contributed by atoms with van der Waals surface area (Å²) in [6.45, 7) is 1.63. The maximum Gasteiger partial charge on any atom is 0.203 e. The van der Waals surface area contributed by atoms with E-state index in [1.807, 2.05) is 0 Å². The molecule has 0 amide bonds. The lowest BCUT2D eigenvalue weighted by atomic mass is 10.1. The number of halogens is 2. The molecule has 0 bridgehead atoms. The lowest BCUT2D eigenvalue weighted by Crippen LogP contribution is -2.04. The number of fused-ring (bicyclic) bond motifs is 1. The van der Waals surface area contributed by atoms with Crippen molar-refractivity contribution >= 4 is 26.8 Å². The lowest BCUT2D eigenvalue weighted by Gasteiger charge is -2.01. The average Bonchev–Trinajstić information content (AvgIpc) is 2.15. The van der Waals surface area contributed by atoms with Gasteiger partial charge in [0.1, 0.15) is 5.82 Å². The number of hydrogen-bond donors (Lipinski definition) is 1. The number of hydrogen-bond acceptors (Lipinski definition) is 1. The molecule has 2 rings (SSSR count). The molecule has 0 atom stereocenters. The van der Waals surface area contributed by atoms with Crippen molar-refractivity contribution in [2.75, 3.05) is 0 Å². The molecule has 14 heavy (non-hydrogen) atoms. The molecule has 4 heteroatoms. The Labute approximate surface area is 87.9 Å². The fourth-order valence-electron chi connectivity index (χ4n) is 1.32. The first-order chi connectivity index (χ1) is 6.59. The highest BCUT2D eigenvalue weighted by atomic mass is 79.9. The molecule has 0 unspecified atom stereocenters. The van der Waals surface area contributed by atoms with Gasteiger partial charge in [0.2, 0.25) is 5.43 Å². The monoisotopic (exact) mass is 255 g/mol. The predicted molar refractivity (Wildman–Crippen MR) is 57.0 cm³/mol. The molecule has 0 aliphatic carbocycles. The van der Waals surface area contributed by atoms with Gasteiger partial charge in [0.25, 0.3) is 0 Å². The van der Waals surface area contributed by atoms with Crippen LogP contribution < -0.4 is 5.43 Å². The van der Waals surface area contributed by atoms with Gasteiger partial charge in [-0.1, -0.05) is 0 Å². The maximum atomic E-state index is 13.1. The van der Waals surface area contributed by atoms with Crippen LogP contribution >= 0.6 is 15.9 Å². The molecule has 0 saturated heterocycles. The van der Waals surface area contributed by atoms with Crippen LogP contribution in [0.5, 0.6) is 0 Å². The van der Waals surface area contributed by atoms with E-state index in [4.69, 9.17) is 0 Å². The Morgan fingerprint density at radius 1 is 1.43 bits per heavy atom. The summed E-state index contributed by atoms with van der Waals surface area (Å²) in [6, 6.07) is 2.88. The summed E-state index contributed by atoms with van der Waals surface area (Å²) < 4.78 is 13.6. The summed E-state index contributed by atoms with van der Waals surface area (Å²) in [6.07, 6.45) is 1.51. The van der Waals surface area contributed by atoms with Crippen LogP contribution in [-0.4, -0.2) is 4.98 Å². The summed E-state index contributed by atoms with van der Waals surface area (Å²) in [5.41, 5.74) is 0.865. The Balaban J connectivity index is 2.97. The normalized spacial score (nSPS) is 10.8. The van der Waals surface area contributed by atoms with Crippen molar-refractivity contribution < 1.29 is 4.39 Å². The average molecular weight is 256 g/mol. The quantitative estimate of drug-likeness (QED) is 0.772. The van der Waals surface area contributed by atoms with Gasteiger partial charge in [-0.25, -0.2) is 4.39 Å². The Hall–Kier alpha value is -1.16. The van der Waals surface area contributed by atoms with Gasteiger partial charge >= 0.3 is 0 Å². The number of rotatable bonds is 0. The zero-order valence-electron chi connectivity index (χ0n) is 7.40. The molecule has 0 fully saturated rings. The topological polar surface area (TPSA) is 32.9 Å². The van der Waals surface area contributed by atoms with E-state index in [0.717, 1.165) is 0 Å². The molecule has 0 saturated carbocycles. The third kappa shape index (κ3) is 1.35. The van der Waals surface area contributed by atoms with Crippen LogP contribution in [0.3, 0.4) is 0 Å². The molecule has 0 radical (unpaired) electrons. The van der Waals surface area contributed by atoms with E-state index >= 15 is 0 Å². The Morgan fingerprint density at radius 3 is 2.86 bits per heavy atom. The molecule has 2 aromatic rings. The molecule has 1 heterocycles. The van der Waals surface area contributed by atoms with Gasteiger partial charge in [-0.15, -0.1) is 0 Å². The molecule has 1 aromatic heterocycles. The molecule has 0 aliphatic heterocycles. The second-order valence-corrected chi connectivity index (χ2v) is 3.97. The highest BCUT2D eigenvalue weighted by Gasteiger charge is 2.05. The van der Waals surface area contributed by atoms with E-state index < -0.39 is 0 Å². The zero-order valence-corrected chi connectivity index (χ0v) is 8.98. The first kappa shape index (κ1) is 9.40. The van der Waals surface area contributed by atoms with Gasteiger partial charge in [-0.05, 0) is 40.5 Å². The number of H-pyrrole nitrogens is 1. The van der Waals surface area contributed by atoms with Crippen LogP contribution in [0.1, 0.15) is 5.56 Å². The first-order valence-corrected chi connectivity index (χ1v) is 4.86. The number of pyridine rings is 1. The van der Waals surface area contributed by atoms with Crippen molar-refractivity contribution in [1.29, 1.82) is 0 Å². The Bertz CT molecular complexity index is 562. The molecular weight excluding hydrogens is 249 g/mol. The van der Waals surface area contributed by atoms with Crippen molar-refractivity contribution in [3.05, 3.63) is 44.4 Å². The van der Waals surface area contributed by atoms with Crippen molar-refractivity contribution in [2.45, 2.75) is 6.92 Å². The van der Waals surface area contributed by atoms with Gasteiger partial charge in [-0.3, -0.25) is 4.79 Å². The standard InChI is InChI=1S/C10H7BrFNO/c1-5-2-6-9(3-8(5)12)13-4-7(11)10(6)14/h2-4H,1H3,(H,13,14). The van der Waals surface area contributed by atoms with Crippen molar-refractivity contribution in [3.63, 3.8) is 0 Å². The summed E-state index contributed by atoms with van der Waals surface area (Å²) in [7, 11) is 0. The second-order valence-electron chi connectivity index (χ2n) is 3.11. The van der Waals surface area contributed by atoms with E-state index in [9.17, 15) is 9.18 Å².